The van der Waals surface area contributed by atoms with E-state index in [2.05, 4.69) is 6.92 Å². The van der Waals surface area contributed by atoms with E-state index in [1.165, 1.54) is 31.4 Å². The first-order valence-electron chi connectivity index (χ1n) is 11.3. The minimum atomic E-state index is -1.70. The van der Waals surface area contributed by atoms with Crippen LogP contribution in [0.4, 0.5) is 0 Å². The summed E-state index contributed by atoms with van der Waals surface area (Å²) in [4.78, 5) is 12.1. The van der Waals surface area contributed by atoms with Gasteiger partial charge in [0.25, 0.3) is 0 Å². The summed E-state index contributed by atoms with van der Waals surface area (Å²) in [6, 6.07) is 4.64. The molecule has 10 nitrogen and oxygen atoms in total. The van der Waals surface area contributed by atoms with E-state index < -0.39 is 48.7 Å². The van der Waals surface area contributed by atoms with E-state index >= 15 is 0 Å². The van der Waals surface area contributed by atoms with Crippen molar-refractivity contribution in [3.8, 4) is 17.2 Å². The highest BCUT2D eigenvalue weighted by atomic mass is 16.7. The molecule has 1 aromatic carbocycles. The molecular formula is C23H32O10. The quantitative estimate of drug-likeness (QED) is 0.241. The van der Waals surface area contributed by atoms with Crippen LogP contribution in [-0.2, 0) is 4.74 Å². The maximum atomic E-state index is 12.1. The molecular weight excluding hydrogens is 436 g/mol. The van der Waals surface area contributed by atoms with Gasteiger partial charge in [0.15, 0.2) is 5.75 Å². The molecule has 1 aliphatic rings. The van der Waals surface area contributed by atoms with E-state index in [1.54, 1.807) is 6.07 Å². The molecule has 0 bridgehead atoms. The molecule has 0 spiro atoms. The topological polar surface area (TPSA) is 159 Å². The van der Waals surface area contributed by atoms with Crippen molar-refractivity contribution in [1.29, 1.82) is 0 Å². The Bertz CT molecular complexity index is 956. The van der Waals surface area contributed by atoms with Crippen LogP contribution in [-0.4, -0.2) is 69.5 Å². The lowest BCUT2D eigenvalue weighted by Gasteiger charge is -2.39. The molecule has 1 aromatic heterocycles. The highest BCUT2D eigenvalue weighted by molar-refractivity contribution is 5.86. The molecule has 3 rings (SSSR count). The summed E-state index contributed by atoms with van der Waals surface area (Å²) in [5.41, 5.74) is -0.993. The molecule has 1 aliphatic heterocycles. The number of aliphatic hydroxyl groups excluding tert-OH is 4. The average molecular weight is 468 g/mol. The van der Waals surface area contributed by atoms with Crippen molar-refractivity contribution in [2.24, 2.45) is 0 Å². The molecule has 0 saturated carbocycles. The number of hydrogen-bond donors (Lipinski definition) is 5. The zero-order chi connectivity index (χ0) is 24.0. The molecule has 1 saturated heterocycles. The number of ether oxygens (including phenoxy) is 3. The van der Waals surface area contributed by atoms with Crippen LogP contribution in [0.1, 0.15) is 45.4 Å². The monoisotopic (exact) mass is 468 g/mol. The molecule has 0 aliphatic carbocycles. The lowest BCUT2D eigenvalue weighted by molar-refractivity contribution is -0.277. The standard InChI is InChI=1S/C23H32O10/c1-2-3-4-5-6-7-10-30-13-8-9-14-15(11-13)31-22(29)20(28)21(14)33-23-19(27)18(26)17(25)16(12-24)32-23/h8-9,11,16-19,23-28H,2-7,10,12H2,1H3/t16-,17+,18+,19-,23-/m1/s1. The second kappa shape index (κ2) is 11.7. The highest BCUT2D eigenvalue weighted by Gasteiger charge is 2.45. The zero-order valence-corrected chi connectivity index (χ0v) is 18.6. The van der Waals surface area contributed by atoms with Gasteiger partial charge in [-0.25, -0.2) is 4.79 Å². The smallest absolute Gasteiger partial charge is 0.382 e. The third-order valence-corrected chi connectivity index (χ3v) is 5.66. The third kappa shape index (κ3) is 5.96. The van der Waals surface area contributed by atoms with Gasteiger partial charge in [-0.2, -0.15) is 0 Å². The van der Waals surface area contributed by atoms with Gasteiger partial charge in [0.2, 0.25) is 12.0 Å². The summed E-state index contributed by atoms with van der Waals surface area (Å²) < 4.78 is 21.7. The molecule has 33 heavy (non-hydrogen) atoms. The Morgan fingerprint density at radius 1 is 1.00 bits per heavy atom. The third-order valence-electron chi connectivity index (χ3n) is 5.66. The molecule has 5 atom stereocenters. The highest BCUT2D eigenvalue weighted by Crippen LogP contribution is 2.36. The minimum Gasteiger partial charge on any atom is -0.499 e. The maximum absolute atomic E-state index is 12.1. The predicted octanol–water partition coefficient (Wildman–Crippen LogP) is 1.42. The number of fused-ring (bicyclic) bond motifs is 1. The van der Waals surface area contributed by atoms with E-state index in [1.807, 2.05) is 0 Å². The Morgan fingerprint density at radius 3 is 2.45 bits per heavy atom. The van der Waals surface area contributed by atoms with E-state index in [9.17, 15) is 30.3 Å². The maximum Gasteiger partial charge on any atom is 0.382 e. The van der Waals surface area contributed by atoms with Crippen molar-refractivity contribution >= 4 is 11.0 Å². The van der Waals surface area contributed by atoms with Crippen LogP contribution in [0, 0.1) is 0 Å². The van der Waals surface area contributed by atoms with E-state index in [-0.39, 0.29) is 16.7 Å². The zero-order valence-electron chi connectivity index (χ0n) is 18.6. The van der Waals surface area contributed by atoms with Crippen LogP contribution in [0.3, 0.4) is 0 Å². The van der Waals surface area contributed by atoms with Crippen LogP contribution in [0.15, 0.2) is 27.4 Å². The molecule has 2 aromatic rings. The number of aliphatic hydroxyl groups is 4. The minimum absolute atomic E-state index is 0.0813. The molecule has 5 N–H and O–H groups in total. The van der Waals surface area contributed by atoms with Crippen LogP contribution >= 0.6 is 0 Å². The molecule has 2 heterocycles. The van der Waals surface area contributed by atoms with E-state index in [0.717, 1.165) is 19.3 Å². The van der Waals surface area contributed by atoms with Gasteiger partial charge in [0.1, 0.15) is 35.7 Å². The molecule has 0 radical (unpaired) electrons. The van der Waals surface area contributed by atoms with Crippen LogP contribution < -0.4 is 15.1 Å². The van der Waals surface area contributed by atoms with Gasteiger partial charge in [-0.1, -0.05) is 39.0 Å². The van der Waals surface area contributed by atoms with Gasteiger partial charge in [-0.05, 0) is 18.6 Å². The Kier molecular flexibility index (Phi) is 8.93. The van der Waals surface area contributed by atoms with Crippen molar-refractivity contribution < 1.29 is 44.2 Å². The Balaban J connectivity index is 1.74. The van der Waals surface area contributed by atoms with Gasteiger partial charge in [-0.15, -0.1) is 0 Å². The Hall–Kier alpha value is -2.37. The first-order valence-corrected chi connectivity index (χ1v) is 11.3. The summed E-state index contributed by atoms with van der Waals surface area (Å²) in [5.74, 6) is -0.697. The number of unbranched alkanes of at least 4 members (excludes halogenated alkanes) is 5. The Morgan fingerprint density at radius 2 is 1.73 bits per heavy atom. The van der Waals surface area contributed by atoms with Crippen molar-refractivity contribution in [1.82, 2.24) is 0 Å². The summed E-state index contributed by atoms with van der Waals surface area (Å²) in [6.45, 7) is 2.03. The second-order valence-electron chi connectivity index (χ2n) is 8.16. The van der Waals surface area contributed by atoms with Crippen LogP contribution in [0.25, 0.3) is 11.0 Å². The first-order chi connectivity index (χ1) is 15.9. The first kappa shape index (κ1) is 25.3. The molecule has 10 heteroatoms. The fraction of sp³-hybridized carbons (Fsp3) is 0.609. The van der Waals surface area contributed by atoms with E-state index in [0.29, 0.717) is 12.4 Å². The SMILES string of the molecule is CCCCCCCCOc1ccc2c(O[C@H]3O[C@H](CO)[C@H](O)[C@H](O)[C@H]3O)c(O)c(=O)oc2c1. The molecule has 0 unspecified atom stereocenters. The Labute approximate surface area is 190 Å². The van der Waals surface area contributed by atoms with Gasteiger partial charge < -0.3 is 44.2 Å². The number of aromatic hydroxyl groups is 1. The molecule has 1 fully saturated rings. The number of benzene rings is 1. The number of hydrogen-bond acceptors (Lipinski definition) is 10. The van der Waals surface area contributed by atoms with Gasteiger partial charge in [-0.3, -0.25) is 0 Å². The van der Waals surface area contributed by atoms with Gasteiger partial charge in [0.05, 0.1) is 18.6 Å². The normalized spacial score (nSPS) is 25.3. The predicted molar refractivity (Wildman–Crippen MR) is 117 cm³/mol. The summed E-state index contributed by atoms with van der Waals surface area (Å²) in [7, 11) is 0. The molecule has 0 amide bonds. The summed E-state index contributed by atoms with van der Waals surface area (Å²) >= 11 is 0. The molecule has 184 valence electrons. The van der Waals surface area contributed by atoms with Crippen molar-refractivity contribution in [2.75, 3.05) is 13.2 Å². The van der Waals surface area contributed by atoms with E-state index in [4.69, 9.17) is 18.6 Å². The van der Waals surface area contributed by atoms with Crippen molar-refractivity contribution in [2.45, 2.75) is 76.2 Å². The van der Waals surface area contributed by atoms with Gasteiger partial charge >= 0.3 is 5.63 Å². The fourth-order valence-electron chi connectivity index (χ4n) is 3.71. The van der Waals surface area contributed by atoms with Crippen LogP contribution in [0.5, 0.6) is 17.2 Å². The average Bonchev–Trinajstić information content (AvgIpc) is 2.81. The van der Waals surface area contributed by atoms with Crippen LogP contribution in [0.2, 0.25) is 0 Å². The van der Waals surface area contributed by atoms with Gasteiger partial charge in [0, 0.05) is 6.07 Å². The summed E-state index contributed by atoms with van der Waals surface area (Å²) in [5, 5.41) is 49.8. The van der Waals surface area contributed by atoms with Crippen molar-refractivity contribution in [3.63, 3.8) is 0 Å². The second-order valence-corrected chi connectivity index (χ2v) is 8.16. The van der Waals surface area contributed by atoms with Crippen molar-refractivity contribution in [3.05, 3.63) is 28.6 Å². The lowest BCUT2D eigenvalue weighted by Crippen LogP contribution is -2.60. The largest absolute Gasteiger partial charge is 0.499 e. The number of rotatable bonds is 11. The summed E-state index contributed by atoms with van der Waals surface area (Å²) in [6.07, 6.45) is -0.978. The fourth-order valence-corrected chi connectivity index (χ4v) is 3.71. The lowest BCUT2D eigenvalue weighted by atomic mass is 9.99.